The summed E-state index contributed by atoms with van der Waals surface area (Å²) in [5.41, 5.74) is 0.733. The molecule has 0 aliphatic heterocycles. The van der Waals surface area contributed by atoms with Crippen molar-refractivity contribution in [2.75, 3.05) is 5.32 Å². The highest BCUT2D eigenvalue weighted by Gasteiger charge is 2.24. The van der Waals surface area contributed by atoms with Crippen molar-refractivity contribution in [3.63, 3.8) is 0 Å². The largest absolute Gasteiger partial charge is 0.326 e. The molecule has 1 heterocycles. The number of anilines is 1. The highest BCUT2D eigenvalue weighted by atomic mass is 35.5. The summed E-state index contributed by atoms with van der Waals surface area (Å²) in [5, 5.41) is 5.57. The molecule has 1 aliphatic carbocycles. The van der Waals surface area contributed by atoms with Gasteiger partial charge in [0.25, 0.3) is 5.91 Å². The van der Waals surface area contributed by atoms with Crippen LogP contribution in [0.25, 0.3) is 0 Å². The first kappa shape index (κ1) is 26.3. The molecule has 1 saturated carbocycles. The number of carbonyl (C=O) groups is 2. The van der Waals surface area contributed by atoms with E-state index in [1.807, 2.05) is 0 Å². The van der Waals surface area contributed by atoms with Crippen molar-refractivity contribution in [1.82, 2.24) is 10.3 Å². The summed E-state index contributed by atoms with van der Waals surface area (Å²) in [6, 6.07) is 9.87. The number of nitrogens with one attached hydrogen (secondary N) is 2. The van der Waals surface area contributed by atoms with Gasteiger partial charge in [0.2, 0.25) is 5.96 Å². The number of guanidine groups is 1. The fourth-order valence-corrected chi connectivity index (χ4v) is 4.47. The van der Waals surface area contributed by atoms with Gasteiger partial charge >= 0.3 is 0 Å². The van der Waals surface area contributed by atoms with E-state index in [1.54, 1.807) is 24.5 Å². The number of nitrogens with zero attached hydrogens (tertiary/aromatic N) is 2. The van der Waals surface area contributed by atoms with Crippen molar-refractivity contribution in [3.8, 4) is 0 Å². The van der Waals surface area contributed by atoms with E-state index >= 15 is 0 Å². The molecule has 1 aliphatic rings. The molecule has 4 rings (SSSR count). The van der Waals surface area contributed by atoms with Crippen molar-refractivity contribution in [2.45, 2.75) is 38.1 Å². The Hall–Kier alpha value is -3.72. The zero-order valence-corrected chi connectivity index (χ0v) is 20.4. The molecular weight excluding hydrogens is 505 g/mol. The second-order valence-electron chi connectivity index (χ2n) is 8.89. The second kappa shape index (κ2) is 12.0. The standard InChI is InChI=1S/C27H24ClF3N4O2/c28-19-12-20(29)14-22(13-19)34-27(35-26(37)17-5-8-23(30)24(31)11-17)33-21-6-3-16(4-7-21)10-25(36)18-2-1-9-32-15-18/h1-2,5,8-9,11-16,21H,3-4,6-7,10H2,(H2,33,34,35,37). The van der Waals surface area contributed by atoms with Crippen LogP contribution in [-0.4, -0.2) is 28.7 Å². The van der Waals surface area contributed by atoms with E-state index in [4.69, 9.17) is 11.6 Å². The maximum absolute atomic E-state index is 13.9. The molecule has 2 N–H and O–H groups in total. The lowest BCUT2D eigenvalue weighted by molar-refractivity contribution is 0.0944. The maximum Gasteiger partial charge on any atom is 0.258 e. The number of pyridine rings is 1. The van der Waals surface area contributed by atoms with Crippen LogP contribution < -0.4 is 10.6 Å². The third-order valence-corrected chi connectivity index (χ3v) is 6.34. The first-order chi connectivity index (χ1) is 17.8. The van der Waals surface area contributed by atoms with Crippen LogP contribution in [0.5, 0.6) is 0 Å². The molecule has 10 heteroatoms. The Morgan fingerprint density at radius 2 is 1.76 bits per heavy atom. The first-order valence-corrected chi connectivity index (χ1v) is 12.1. The van der Waals surface area contributed by atoms with Gasteiger partial charge in [-0.2, -0.15) is 0 Å². The molecule has 0 atom stereocenters. The average molecular weight is 529 g/mol. The van der Waals surface area contributed by atoms with Crippen LogP contribution in [0, 0.1) is 23.4 Å². The smallest absolute Gasteiger partial charge is 0.258 e. The number of Topliss-reactive ketones (excluding diaryl/α,β-unsaturated/α-hetero) is 1. The molecule has 2 aromatic carbocycles. The summed E-state index contributed by atoms with van der Waals surface area (Å²) >= 11 is 5.95. The number of amides is 1. The molecule has 1 aromatic heterocycles. The van der Waals surface area contributed by atoms with Crippen LogP contribution in [0.15, 0.2) is 65.9 Å². The van der Waals surface area contributed by atoms with Gasteiger partial charge in [0.05, 0.1) is 6.04 Å². The topological polar surface area (TPSA) is 83.5 Å². The van der Waals surface area contributed by atoms with E-state index in [2.05, 4.69) is 20.6 Å². The Morgan fingerprint density at radius 1 is 0.973 bits per heavy atom. The second-order valence-corrected chi connectivity index (χ2v) is 9.32. The predicted octanol–water partition coefficient (Wildman–Crippen LogP) is 6.18. The number of benzene rings is 2. The summed E-state index contributed by atoms with van der Waals surface area (Å²) in [6.07, 6.45) is 6.45. The predicted molar refractivity (Wildman–Crippen MR) is 135 cm³/mol. The Bertz CT molecular complexity index is 1290. The van der Waals surface area contributed by atoms with E-state index in [-0.39, 0.29) is 40.0 Å². The number of hydrogen-bond acceptors (Lipinski definition) is 4. The molecule has 0 unspecified atom stereocenters. The van der Waals surface area contributed by atoms with Crippen molar-refractivity contribution in [2.24, 2.45) is 10.9 Å². The Morgan fingerprint density at radius 3 is 2.43 bits per heavy atom. The molecule has 0 saturated heterocycles. The van der Waals surface area contributed by atoms with Crippen LogP contribution in [0.1, 0.15) is 52.8 Å². The van der Waals surface area contributed by atoms with E-state index in [0.717, 1.165) is 37.1 Å². The zero-order chi connectivity index (χ0) is 26.4. The van der Waals surface area contributed by atoms with E-state index in [0.29, 0.717) is 24.8 Å². The number of aromatic nitrogens is 1. The number of ketones is 1. The summed E-state index contributed by atoms with van der Waals surface area (Å²) in [6.45, 7) is 0. The number of carbonyl (C=O) groups excluding carboxylic acids is 2. The van der Waals surface area contributed by atoms with E-state index in [1.165, 1.54) is 12.1 Å². The van der Waals surface area contributed by atoms with Crippen molar-refractivity contribution < 1.29 is 22.8 Å². The molecular formula is C27H24ClF3N4O2. The van der Waals surface area contributed by atoms with Crippen LogP contribution in [-0.2, 0) is 0 Å². The van der Waals surface area contributed by atoms with E-state index < -0.39 is 23.4 Å². The third-order valence-electron chi connectivity index (χ3n) is 6.12. The number of aliphatic imine (C=N–C) groups is 1. The Kier molecular flexibility index (Phi) is 8.55. The highest BCUT2D eigenvalue weighted by Crippen LogP contribution is 2.30. The highest BCUT2D eigenvalue weighted by molar-refractivity contribution is 6.31. The van der Waals surface area contributed by atoms with Gasteiger partial charge in [0, 0.05) is 40.7 Å². The molecule has 1 fully saturated rings. The van der Waals surface area contributed by atoms with Gasteiger partial charge in [-0.05, 0) is 80.1 Å². The van der Waals surface area contributed by atoms with Crippen LogP contribution >= 0.6 is 11.6 Å². The molecule has 3 aromatic rings. The van der Waals surface area contributed by atoms with Gasteiger partial charge in [0.15, 0.2) is 17.4 Å². The summed E-state index contributed by atoms with van der Waals surface area (Å²) in [4.78, 5) is 33.8. The fourth-order valence-electron chi connectivity index (χ4n) is 4.24. The monoisotopic (exact) mass is 528 g/mol. The van der Waals surface area contributed by atoms with Gasteiger partial charge in [0.1, 0.15) is 5.82 Å². The third kappa shape index (κ3) is 7.39. The molecule has 37 heavy (non-hydrogen) atoms. The number of rotatable bonds is 6. The summed E-state index contributed by atoms with van der Waals surface area (Å²) in [7, 11) is 0. The lowest BCUT2D eigenvalue weighted by atomic mass is 9.82. The quantitative estimate of drug-likeness (QED) is 0.227. The fraction of sp³-hybridized carbons (Fsp3) is 0.259. The lowest BCUT2D eigenvalue weighted by Gasteiger charge is -2.26. The summed E-state index contributed by atoms with van der Waals surface area (Å²) < 4.78 is 40.8. The SMILES string of the molecule is O=C(CC1CCC(N=C(NC(=O)c2ccc(F)c(F)c2)Nc2cc(F)cc(Cl)c2)CC1)c1cccnc1. The minimum Gasteiger partial charge on any atom is -0.326 e. The lowest BCUT2D eigenvalue weighted by Crippen LogP contribution is -2.37. The molecule has 0 spiro atoms. The number of halogens is 4. The Balaban J connectivity index is 1.46. The van der Waals surface area contributed by atoms with Gasteiger partial charge < -0.3 is 5.32 Å². The van der Waals surface area contributed by atoms with Crippen molar-refractivity contribution in [3.05, 3.63) is 94.5 Å². The summed E-state index contributed by atoms with van der Waals surface area (Å²) in [5.74, 6) is -3.26. The minimum atomic E-state index is -1.16. The van der Waals surface area contributed by atoms with Gasteiger partial charge in [-0.25, -0.2) is 18.2 Å². The zero-order valence-electron chi connectivity index (χ0n) is 19.7. The molecule has 0 bridgehead atoms. The van der Waals surface area contributed by atoms with Crippen molar-refractivity contribution >= 4 is 34.9 Å². The van der Waals surface area contributed by atoms with Crippen LogP contribution in [0.4, 0.5) is 18.9 Å². The molecule has 1 amide bonds. The van der Waals surface area contributed by atoms with Gasteiger partial charge in [-0.3, -0.25) is 19.9 Å². The molecule has 6 nitrogen and oxygen atoms in total. The van der Waals surface area contributed by atoms with Crippen molar-refractivity contribution in [1.29, 1.82) is 0 Å². The Labute approximate surface area is 217 Å². The van der Waals surface area contributed by atoms with E-state index in [9.17, 15) is 22.8 Å². The maximum atomic E-state index is 13.9. The van der Waals surface area contributed by atoms with Crippen LogP contribution in [0.3, 0.4) is 0 Å². The molecule has 0 radical (unpaired) electrons. The minimum absolute atomic E-state index is 0.0197. The van der Waals surface area contributed by atoms with Gasteiger partial charge in [-0.1, -0.05) is 11.6 Å². The first-order valence-electron chi connectivity index (χ1n) is 11.8. The molecule has 192 valence electrons. The van der Waals surface area contributed by atoms with Gasteiger partial charge in [-0.15, -0.1) is 0 Å². The average Bonchev–Trinajstić information content (AvgIpc) is 2.86. The number of hydrogen-bond donors (Lipinski definition) is 2. The normalized spacial score (nSPS) is 17.8. The van der Waals surface area contributed by atoms with Crippen LogP contribution in [0.2, 0.25) is 5.02 Å².